The van der Waals surface area contributed by atoms with Gasteiger partial charge in [0.2, 0.25) is 5.16 Å². The predicted octanol–water partition coefficient (Wildman–Crippen LogP) is 1.37. The molecule has 0 saturated heterocycles. The van der Waals surface area contributed by atoms with Gasteiger partial charge in [-0.2, -0.15) is 5.26 Å². The molecule has 0 radical (unpaired) electrons. The lowest BCUT2D eigenvalue weighted by Gasteiger charge is -1.95. The van der Waals surface area contributed by atoms with Gasteiger partial charge in [-0.1, -0.05) is 0 Å². The monoisotopic (exact) mass is 247 g/mol. The summed E-state index contributed by atoms with van der Waals surface area (Å²) in [6.45, 7) is 0.396. The predicted molar refractivity (Wildman–Crippen MR) is 60.2 cm³/mol. The fourth-order valence-electron chi connectivity index (χ4n) is 1.17. The van der Waals surface area contributed by atoms with Crippen LogP contribution in [0.3, 0.4) is 0 Å². The number of aromatic nitrogens is 4. The van der Waals surface area contributed by atoms with Gasteiger partial charge in [-0.3, -0.25) is 5.10 Å². The topological polar surface area (TPSA) is 87.5 Å². The molecule has 0 fully saturated rings. The van der Waals surface area contributed by atoms with Gasteiger partial charge in [0.05, 0.1) is 0 Å². The highest BCUT2D eigenvalue weighted by Crippen LogP contribution is 2.24. The first-order valence-corrected chi connectivity index (χ1v) is 5.57. The highest BCUT2D eigenvalue weighted by molar-refractivity contribution is 7.99. The van der Waals surface area contributed by atoms with Crippen molar-refractivity contribution in [1.29, 1.82) is 5.26 Å². The van der Waals surface area contributed by atoms with Gasteiger partial charge in [0, 0.05) is 18.2 Å². The molecule has 6 nitrogen and oxygen atoms in total. The Morgan fingerprint density at radius 3 is 3.24 bits per heavy atom. The number of hydrogen-bond acceptors (Lipinski definition) is 6. The fraction of sp³-hybridized carbons (Fsp3) is 0.200. The van der Waals surface area contributed by atoms with Crippen LogP contribution in [0.4, 0.5) is 0 Å². The van der Waals surface area contributed by atoms with Crippen LogP contribution in [0, 0.1) is 11.3 Å². The van der Waals surface area contributed by atoms with E-state index in [1.54, 1.807) is 25.4 Å². The molecule has 0 bridgehead atoms. The van der Waals surface area contributed by atoms with Crippen molar-refractivity contribution in [2.75, 3.05) is 7.11 Å². The third-order valence-electron chi connectivity index (χ3n) is 1.85. The first-order chi connectivity index (χ1) is 8.31. The molecule has 0 aliphatic carbocycles. The zero-order chi connectivity index (χ0) is 12.1. The van der Waals surface area contributed by atoms with Crippen molar-refractivity contribution in [2.45, 2.75) is 16.7 Å². The molecule has 0 aliphatic heterocycles. The van der Waals surface area contributed by atoms with E-state index in [0.29, 0.717) is 23.3 Å². The molecule has 86 valence electrons. The molecule has 0 aromatic carbocycles. The normalized spacial score (nSPS) is 10.1. The van der Waals surface area contributed by atoms with E-state index in [-0.39, 0.29) is 0 Å². The average molecular weight is 247 g/mol. The van der Waals surface area contributed by atoms with E-state index in [0.717, 1.165) is 4.90 Å². The Labute approximate surface area is 102 Å². The smallest absolute Gasteiger partial charge is 0.213 e. The van der Waals surface area contributed by atoms with Gasteiger partial charge >= 0.3 is 0 Å². The Bertz CT molecular complexity index is 548. The lowest BCUT2D eigenvalue weighted by Crippen LogP contribution is -1.89. The summed E-state index contributed by atoms with van der Waals surface area (Å²) in [6.07, 6.45) is 1.59. The zero-order valence-electron chi connectivity index (χ0n) is 9.04. The number of rotatable bonds is 4. The van der Waals surface area contributed by atoms with E-state index < -0.39 is 0 Å². The number of methoxy groups -OCH3 is 1. The summed E-state index contributed by atoms with van der Waals surface area (Å²) in [5.74, 6) is 0.671. The van der Waals surface area contributed by atoms with Crippen molar-refractivity contribution >= 4 is 11.8 Å². The average Bonchev–Trinajstić information content (AvgIpc) is 2.77. The summed E-state index contributed by atoms with van der Waals surface area (Å²) in [4.78, 5) is 8.98. The van der Waals surface area contributed by atoms with E-state index in [9.17, 15) is 0 Å². The second-order valence-electron chi connectivity index (χ2n) is 3.09. The van der Waals surface area contributed by atoms with Gasteiger partial charge in [0.25, 0.3) is 0 Å². The number of nitriles is 1. The first-order valence-electron chi connectivity index (χ1n) is 4.76. The second-order valence-corrected chi connectivity index (χ2v) is 4.13. The number of H-pyrrole nitrogens is 1. The van der Waals surface area contributed by atoms with Crippen molar-refractivity contribution in [3.05, 3.63) is 29.8 Å². The fourth-order valence-corrected chi connectivity index (χ4v) is 1.92. The lowest BCUT2D eigenvalue weighted by molar-refractivity contribution is 0.178. The summed E-state index contributed by atoms with van der Waals surface area (Å²) in [6, 6.07) is 5.48. The molecule has 1 N–H and O–H groups in total. The molecule has 7 heteroatoms. The highest BCUT2D eigenvalue weighted by Gasteiger charge is 2.05. The third-order valence-corrected chi connectivity index (χ3v) is 2.70. The Morgan fingerprint density at radius 2 is 2.47 bits per heavy atom. The van der Waals surface area contributed by atoms with Crippen molar-refractivity contribution in [2.24, 2.45) is 0 Å². The van der Waals surface area contributed by atoms with Crippen LogP contribution in [0.15, 0.2) is 28.4 Å². The van der Waals surface area contributed by atoms with Gasteiger partial charge < -0.3 is 4.74 Å². The van der Waals surface area contributed by atoms with Crippen LogP contribution in [0.1, 0.15) is 11.5 Å². The van der Waals surface area contributed by atoms with Crippen LogP contribution >= 0.6 is 11.8 Å². The summed E-state index contributed by atoms with van der Waals surface area (Å²) in [5, 5.41) is 16.1. The summed E-state index contributed by atoms with van der Waals surface area (Å²) >= 11 is 1.36. The molecule has 0 amide bonds. The van der Waals surface area contributed by atoms with Gasteiger partial charge in [-0.15, -0.1) is 5.10 Å². The maximum Gasteiger partial charge on any atom is 0.213 e. The van der Waals surface area contributed by atoms with Crippen molar-refractivity contribution in [1.82, 2.24) is 20.2 Å². The minimum atomic E-state index is 0.377. The van der Waals surface area contributed by atoms with Crippen molar-refractivity contribution < 1.29 is 4.74 Å². The second kappa shape index (κ2) is 5.43. The Hall–Kier alpha value is -1.91. The Kier molecular flexibility index (Phi) is 3.69. The molecule has 0 unspecified atom stereocenters. The number of nitrogens with zero attached hydrogens (tertiary/aromatic N) is 4. The third kappa shape index (κ3) is 3.03. The van der Waals surface area contributed by atoms with Crippen LogP contribution in [0.2, 0.25) is 0 Å². The summed E-state index contributed by atoms with van der Waals surface area (Å²) < 4.78 is 4.93. The molecule has 2 heterocycles. The van der Waals surface area contributed by atoms with E-state index in [1.165, 1.54) is 11.8 Å². The van der Waals surface area contributed by atoms with Gasteiger partial charge in [-0.05, 0) is 23.9 Å². The van der Waals surface area contributed by atoms with Gasteiger partial charge in [0.1, 0.15) is 18.4 Å². The minimum absolute atomic E-state index is 0.377. The van der Waals surface area contributed by atoms with E-state index in [2.05, 4.69) is 20.2 Å². The molecule has 2 aromatic heterocycles. The van der Waals surface area contributed by atoms with Crippen LogP contribution < -0.4 is 0 Å². The number of aromatic amines is 1. The van der Waals surface area contributed by atoms with Crippen molar-refractivity contribution in [3.63, 3.8) is 0 Å². The van der Waals surface area contributed by atoms with E-state index in [4.69, 9.17) is 10.00 Å². The molecular formula is C10H9N5OS. The largest absolute Gasteiger partial charge is 0.377 e. The van der Waals surface area contributed by atoms with Crippen molar-refractivity contribution in [3.8, 4) is 6.07 Å². The number of nitrogens with one attached hydrogen (secondary N) is 1. The Morgan fingerprint density at radius 1 is 1.59 bits per heavy atom. The number of hydrogen-bond donors (Lipinski definition) is 1. The highest BCUT2D eigenvalue weighted by atomic mass is 32.2. The van der Waals surface area contributed by atoms with Crippen LogP contribution in [-0.4, -0.2) is 27.3 Å². The quantitative estimate of drug-likeness (QED) is 0.877. The maximum absolute atomic E-state index is 8.73. The minimum Gasteiger partial charge on any atom is -0.377 e. The lowest BCUT2D eigenvalue weighted by atomic mass is 10.4. The molecule has 2 aromatic rings. The summed E-state index contributed by atoms with van der Waals surface area (Å²) in [7, 11) is 1.59. The van der Waals surface area contributed by atoms with Gasteiger partial charge in [0.15, 0.2) is 5.82 Å². The zero-order valence-corrected chi connectivity index (χ0v) is 9.86. The molecule has 0 saturated carbocycles. The standard InChI is InChI=1S/C10H9N5OS/c1-16-6-9-13-10(15-14-9)17-8-2-3-12-7(4-8)5-11/h2-4H,6H2,1H3,(H,13,14,15). The van der Waals surface area contributed by atoms with Crippen LogP contribution in [-0.2, 0) is 11.3 Å². The SMILES string of the molecule is COCc1nc(Sc2ccnc(C#N)c2)n[nH]1. The molecule has 0 spiro atoms. The molecule has 0 aliphatic rings. The first kappa shape index (κ1) is 11.6. The van der Waals surface area contributed by atoms with E-state index in [1.807, 2.05) is 6.07 Å². The number of ether oxygens (including phenoxy) is 1. The molecule has 17 heavy (non-hydrogen) atoms. The summed E-state index contributed by atoms with van der Waals surface area (Å²) in [5.41, 5.74) is 0.377. The molecular weight excluding hydrogens is 238 g/mol. The van der Waals surface area contributed by atoms with E-state index >= 15 is 0 Å². The van der Waals surface area contributed by atoms with Crippen LogP contribution in [0.25, 0.3) is 0 Å². The number of pyridine rings is 1. The van der Waals surface area contributed by atoms with Gasteiger partial charge in [-0.25, -0.2) is 9.97 Å². The molecule has 0 atom stereocenters. The maximum atomic E-state index is 8.73. The van der Waals surface area contributed by atoms with Crippen LogP contribution in [0.5, 0.6) is 0 Å². The molecule has 2 rings (SSSR count). The Balaban J connectivity index is 2.11.